The van der Waals surface area contributed by atoms with Gasteiger partial charge in [0.15, 0.2) is 0 Å². The molecule has 28 heavy (non-hydrogen) atoms. The number of hydrogen-bond donors (Lipinski definition) is 1. The fourth-order valence-electron chi connectivity index (χ4n) is 6.31. The second-order valence-electron chi connectivity index (χ2n) is 9.20. The molecule has 4 aliphatic carbocycles. The Labute approximate surface area is 163 Å². The fraction of sp³-hybridized carbons (Fsp3) is 0.667. The molecule has 148 valence electrons. The Morgan fingerprint density at radius 3 is 2.68 bits per heavy atom. The Bertz CT molecular complexity index is 888. The first-order valence-electron chi connectivity index (χ1n) is 10.2. The number of aromatic nitrogens is 1. The topological polar surface area (TPSA) is 95.6 Å². The van der Waals surface area contributed by atoms with E-state index >= 15 is 0 Å². The summed E-state index contributed by atoms with van der Waals surface area (Å²) in [6, 6.07) is 4.84. The molecule has 6 atom stereocenters. The van der Waals surface area contributed by atoms with Crippen LogP contribution in [0.15, 0.2) is 23.1 Å². The molecule has 4 bridgehead atoms. The van der Waals surface area contributed by atoms with E-state index in [1.54, 1.807) is 21.7 Å². The Morgan fingerprint density at radius 2 is 2.04 bits per heavy atom. The molecule has 5 aliphatic rings. The number of pyridine rings is 1. The number of rotatable bonds is 2. The van der Waals surface area contributed by atoms with Crippen molar-refractivity contribution in [3.8, 4) is 6.07 Å². The normalized spacial score (nSPS) is 38.4. The molecule has 1 aliphatic heterocycles. The van der Waals surface area contributed by atoms with E-state index in [1.165, 1.54) is 6.07 Å². The lowest BCUT2D eigenvalue weighted by Crippen LogP contribution is -2.58. The highest BCUT2D eigenvalue weighted by atomic mass is 16.6. The molecule has 1 saturated heterocycles. The predicted octanol–water partition coefficient (Wildman–Crippen LogP) is 2.04. The molecule has 5 fully saturated rings. The average Bonchev–Trinajstić information content (AvgIpc) is 3.13. The molecule has 4 saturated carbocycles. The van der Waals surface area contributed by atoms with Crippen molar-refractivity contribution in [2.24, 2.45) is 17.8 Å². The van der Waals surface area contributed by atoms with E-state index in [-0.39, 0.29) is 35.6 Å². The highest BCUT2D eigenvalue weighted by molar-refractivity contribution is 5.68. The van der Waals surface area contributed by atoms with Gasteiger partial charge in [0.2, 0.25) is 0 Å². The van der Waals surface area contributed by atoms with Gasteiger partial charge in [0.05, 0.1) is 23.3 Å². The van der Waals surface area contributed by atoms with Gasteiger partial charge in [-0.05, 0) is 62.3 Å². The quantitative estimate of drug-likeness (QED) is 0.843. The molecule has 2 heterocycles. The first kappa shape index (κ1) is 17.7. The molecule has 0 radical (unpaired) electrons. The summed E-state index contributed by atoms with van der Waals surface area (Å²) in [7, 11) is 0. The van der Waals surface area contributed by atoms with Crippen LogP contribution in [0.3, 0.4) is 0 Å². The van der Waals surface area contributed by atoms with Crippen LogP contribution in [0.1, 0.15) is 50.1 Å². The van der Waals surface area contributed by atoms with Crippen molar-refractivity contribution in [3.63, 3.8) is 0 Å². The summed E-state index contributed by atoms with van der Waals surface area (Å²) in [6.45, 7) is 1.00. The number of carbonyl (C=O) groups is 1. The van der Waals surface area contributed by atoms with Crippen molar-refractivity contribution in [2.45, 2.75) is 56.3 Å². The summed E-state index contributed by atoms with van der Waals surface area (Å²) in [5.41, 5.74) is -0.401. The third kappa shape index (κ3) is 2.91. The maximum atomic E-state index is 12.8. The molecule has 7 nitrogen and oxygen atoms in total. The van der Waals surface area contributed by atoms with Crippen molar-refractivity contribution in [1.82, 2.24) is 9.47 Å². The van der Waals surface area contributed by atoms with E-state index in [0.717, 1.165) is 32.1 Å². The van der Waals surface area contributed by atoms with Gasteiger partial charge in [0, 0.05) is 25.4 Å². The van der Waals surface area contributed by atoms with Crippen molar-refractivity contribution >= 4 is 6.09 Å². The number of nitrogens with zero attached hydrogens (tertiary/aromatic N) is 3. The molecular weight excluding hydrogens is 358 g/mol. The van der Waals surface area contributed by atoms with Crippen LogP contribution in [0.25, 0.3) is 0 Å². The summed E-state index contributed by atoms with van der Waals surface area (Å²) in [4.78, 5) is 26.7. The monoisotopic (exact) mass is 383 g/mol. The summed E-state index contributed by atoms with van der Waals surface area (Å²) in [5, 5.41) is 19.6. The molecule has 1 aromatic heterocycles. The van der Waals surface area contributed by atoms with Gasteiger partial charge < -0.3 is 19.3 Å². The molecule has 7 heteroatoms. The van der Waals surface area contributed by atoms with Gasteiger partial charge in [-0.25, -0.2) is 4.79 Å². The number of nitriles is 1. The van der Waals surface area contributed by atoms with E-state index in [0.29, 0.717) is 31.0 Å². The molecule has 1 amide bonds. The van der Waals surface area contributed by atoms with Crippen LogP contribution >= 0.6 is 0 Å². The summed E-state index contributed by atoms with van der Waals surface area (Å²) >= 11 is 0. The molecular formula is C21H25N3O4. The van der Waals surface area contributed by atoms with Crippen molar-refractivity contribution in [3.05, 3.63) is 34.2 Å². The van der Waals surface area contributed by atoms with Gasteiger partial charge >= 0.3 is 6.09 Å². The minimum atomic E-state index is -0.533. The maximum absolute atomic E-state index is 12.8. The lowest BCUT2D eigenvalue weighted by atomic mass is 9.53. The number of ether oxygens (including phenoxy) is 1. The van der Waals surface area contributed by atoms with Crippen LogP contribution in [0.5, 0.6) is 0 Å². The Morgan fingerprint density at radius 1 is 1.29 bits per heavy atom. The number of hydrogen-bond acceptors (Lipinski definition) is 5. The Balaban J connectivity index is 1.24. The standard InChI is InChI=1S/C21H25N3O4/c22-11-13-1-4-24(18(25)7-13)17-2-3-23(12-17)20(26)28-19-15-5-14-6-16(19)10-21(27,8-14)9-15/h1,4,7,14-17,19,27H,2-3,5-6,8-10,12H2/t14?,15-,16?,17+,19?,21?/m1/s1. The van der Waals surface area contributed by atoms with Crippen LogP contribution in [-0.2, 0) is 4.74 Å². The van der Waals surface area contributed by atoms with Gasteiger partial charge in [0.25, 0.3) is 5.56 Å². The third-order valence-electron chi connectivity index (χ3n) is 7.28. The van der Waals surface area contributed by atoms with Crippen molar-refractivity contribution < 1.29 is 14.6 Å². The van der Waals surface area contributed by atoms with Gasteiger partial charge in [-0.2, -0.15) is 5.26 Å². The zero-order valence-electron chi connectivity index (χ0n) is 15.8. The van der Waals surface area contributed by atoms with Gasteiger partial charge in [0.1, 0.15) is 6.10 Å². The van der Waals surface area contributed by atoms with Gasteiger partial charge in [-0.3, -0.25) is 4.79 Å². The maximum Gasteiger partial charge on any atom is 0.410 e. The molecule has 6 rings (SSSR count). The van der Waals surface area contributed by atoms with E-state index in [9.17, 15) is 14.7 Å². The highest BCUT2D eigenvalue weighted by Crippen LogP contribution is 2.56. The Hall–Kier alpha value is -2.33. The SMILES string of the molecule is N#Cc1ccn([C@H]2CCN(C(=O)OC3C4CC5C[C@@H]3CC(O)(C5)C4)C2)c(=O)c1. The summed E-state index contributed by atoms with van der Waals surface area (Å²) < 4.78 is 7.56. The Kier molecular flexibility index (Phi) is 4.02. The predicted molar refractivity (Wildman–Crippen MR) is 99.4 cm³/mol. The average molecular weight is 383 g/mol. The number of likely N-dealkylation sites (tertiary alicyclic amines) is 1. The van der Waals surface area contributed by atoms with E-state index < -0.39 is 5.60 Å². The van der Waals surface area contributed by atoms with Crippen LogP contribution in [0.4, 0.5) is 4.79 Å². The lowest BCUT2D eigenvalue weighted by molar-refractivity contribution is -0.177. The first-order valence-corrected chi connectivity index (χ1v) is 10.2. The molecule has 1 aromatic rings. The van der Waals surface area contributed by atoms with E-state index in [1.807, 2.05) is 6.07 Å². The second-order valence-corrected chi connectivity index (χ2v) is 9.20. The number of amides is 1. The van der Waals surface area contributed by atoms with E-state index in [2.05, 4.69) is 0 Å². The van der Waals surface area contributed by atoms with Crippen LogP contribution in [0, 0.1) is 29.1 Å². The largest absolute Gasteiger partial charge is 0.446 e. The van der Waals surface area contributed by atoms with Gasteiger partial charge in [-0.15, -0.1) is 0 Å². The van der Waals surface area contributed by atoms with Crippen molar-refractivity contribution in [2.75, 3.05) is 13.1 Å². The summed E-state index contributed by atoms with van der Waals surface area (Å²) in [5.74, 6) is 1.14. The van der Waals surface area contributed by atoms with Crippen LogP contribution < -0.4 is 5.56 Å². The minimum absolute atomic E-state index is 0.0824. The van der Waals surface area contributed by atoms with E-state index in [4.69, 9.17) is 10.00 Å². The highest BCUT2D eigenvalue weighted by Gasteiger charge is 2.56. The second kappa shape index (κ2) is 6.35. The lowest BCUT2D eigenvalue weighted by Gasteiger charge is -2.57. The molecule has 1 N–H and O–H groups in total. The summed E-state index contributed by atoms with van der Waals surface area (Å²) in [6.07, 6.45) is 6.48. The molecule has 4 unspecified atom stereocenters. The number of aliphatic hydroxyl groups is 1. The van der Waals surface area contributed by atoms with Crippen molar-refractivity contribution in [1.29, 1.82) is 5.26 Å². The molecule has 0 aromatic carbocycles. The zero-order chi connectivity index (χ0) is 19.5. The van der Waals surface area contributed by atoms with Gasteiger partial charge in [-0.1, -0.05) is 0 Å². The first-order chi connectivity index (χ1) is 13.4. The fourth-order valence-corrected chi connectivity index (χ4v) is 6.31. The minimum Gasteiger partial charge on any atom is -0.446 e. The smallest absolute Gasteiger partial charge is 0.410 e. The molecule has 0 spiro atoms. The van der Waals surface area contributed by atoms with Crippen LogP contribution in [-0.4, -0.2) is 45.5 Å². The number of carbonyl (C=O) groups excluding carboxylic acids is 1. The zero-order valence-corrected chi connectivity index (χ0v) is 15.8. The third-order valence-corrected chi connectivity index (χ3v) is 7.28. The van der Waals surface area contributed by atoms with Crippen LogP contribution in [0.2, 0.25) is 0 Å².